The first kappa shape index (κ1) is 52.0. The Balaban J connectivity index is 0.00000693. The standard InChI is InChI=1S/C67H70N3O.Pt/c1-41-32-42(2)60(43(3)33-41)46-26-24-44(25-27-46)47-30-31-68-57(37-47)49-34-48(35-51(36-49)65(7,8)9)53-22-19-23-59-61(53)69-63(55-39-52(66(10,11)12)40-56(62(55)71)67(13,14)15)70(59)58-29-28-50(64(4,5)6)38-54(58)45-20-17-16-18-21-45;/h16-33,35-40,71H,1-15H3;/q-1;. The number of phenols is 1. The Kier molecular flexibility index (Phi) is 13.9. The zero-order valence-corrected chi connectivity index (χ0v) is 47.2. The van der Waals surface area contributed by atoms with E-state index in [1.807, 2.05) is 6.20 Å². The molecule has 0 saturated heterocycles. The second-order valence-electron chi connectivity index (χ2n) is 23.9. The van der Waals surface area contributed by atoms with E-state index < -0.39 is 0 Å². The Morgan fingerprint density at radius 2 is 1.08 bits per heavy atom. The van der Waals surface area contributed by atoms with Crippen LogP contribution in [-0.2, 0) is 42.7 Å². The number of aryl methyl sites for hydroxylation is 3. The number of fused-ring (bicyclic) bond motifs is 1. The van der Waals surface area contributed by atoms with Crippen LogP contribution >= 0.6 is 0 Å². The first-order valence-electron chi connectivity index (χ1n) is 25.2. The van der Waals surface area contributed by atoms with Gasteiger partial charge in [0.1, 0.15) is 11.6 Å². The molecule has 5 heteroatoms. The summed E-state index contributed by atoms with van der Waals surface area (Å²) in [5, 5.41) is 12.6. The summed E-state index contributed by atoms with van der Waals surface area (Å²) >= 11 is 0. The van der Waals surface area contributed by atoms with Gasteiger partial charge in [-0.05, 0) is 123 Å². The molecule has 9 aromatic rings. The maximum absolute atomic E-state index is 12.6. The molecular formula is C67H70N3OPt-. The van der Waals surface area contributed by atoms with Gasteiger partial charge < -0.3 is 5.11 Å². The Hall–Kier alpha value is -6.35. The van der Waals surface area contributed by atoms with Crippen molar-refractivity contribution in [2.75, 3.05) is 0 Å². The number of nitrogens with zero attached hydrogens (tertiary/aromatic N) is 3. The van der Waals surface area contributed by atoms with Crippen molar-refractivity contribution in [1.82, 2.24) is 14.5 Å². The molecule has 72 heavy (non-hydrogen) atoms. The van der Waals surface area contributed by atoms with Gasteiger partial charge in [0, 0.05) is 44.1 Å². The molecule has 0 saturated carbocycles. The van der Waals surface area contributed by atoms with Crippen molar-refractivity contribution >= 4 is 11.0 Å². The summed E-state index contributed by atoms with van der Waals surface area (Å²) in [6.07, 6.45) is 1.91. The Morgan fingerprint density at radius 3 is 1.71 bits per heavy atom. The molecule has 0 amide bonds. The third-order valence-corrected chi connectivity index (χ3v) is 14.1. The predicted octanol–water partition coefficient (Wildman–Crippen LogP) is 18.0. The monoisotopic (exact) mass is 1130 g/mol. The van der Waals surface area contributed by atoms with Crippen LogP contribution in [0.3, 0.4) is 0 Å². The number of imidazole rings is 1. The normalized spacial score (nSPS) is 12.3. The Bertz CT molecular complexity index is 3450. The predicted molar refractivity (Wildman–Crippen MR) is 301 cm³/mol. The van der Waals surface area contributed by atoms with E-state index in [-0.39, 0.29) is 48.5 Å². The molecule has 0 bridgehead atoms. The smallest absolute Gasteiger partial charge is 0.148 e. The summed E-state index contributed by atoms with van der Waals surface area (Å²) < 4.78 is 2.29. The van der Waals surface area contributed by atoms with E-state index in [0.717, 1.165) is 72.5 Å². The summed E-state index contributed by atoms with van der Waals surface area (Å²) in [6, 6.07) is 54.5. The third kappa shape index (κ3) is 10.2. The molecule has 0 spiro atoms. The number of hydrogen-bond donors (Lipinski definition) is 1. The van der Waals surface area contributed by atoms with Crippen LogP contribution in [0.25, 0.3) is 83.9 Å². The molecule has 9 rings (SSSR count). The zero-order chi connectivity index (χ0) is 50.9. The molecule has 370 valence electrons. The summed E-state index contributed by atoms with van der Waals surface area (Å²) in [5.74, 6) is 0.934. The van der Waals surface area contributed by atoms with Crippen molar-refractivity contribution in [1.29, 1.82) is 0 Å². The van der Waals surface area contributed by atoms with E-state index in [1.165, 1.54) is 38.9 Å². The summed E-state index contributed by atoms with van der Waals surface area (Å²) in [4.78, 5) is 10.7. The maximum atomic E-state index is 12.6. The van der Waals surface area contributed by atoms with Gasteiger partial charge in [-0.25, -0.2) is 4.98 Å². The van der Waals surface area contributed by atoms with Gasteiger partial charge in [0.05, 0.1) is 22.3 Å². The molecule has 2 aromatic heterocycles. The van der Waals surface area contributed by atoms with E-state index in [0.29, 0.717) is 11.4 Å². The van der Waals surface area contributed by atoms with E-state index in [9.17, 15) is 5.11 Å². The van der Waals surface area contributed by atoms with Crippen molar-refractivity contribution < 1.29 is 26.2 Å². The average Bonchev–Trinajstić information content (AvgIpc) is 3.69. The van der Waals surface area contributed by atoms with Crippen LogP contribution in [0, 0.1) is 26.8 Å². The molecule has 2 heterocycles. The van der Waals surface area contributed by atoms with E-state index in [1.54, 1.807) is 0 Å². The van der Waals surface area contributed by atoms with Crippen molar-refractivity contribution in [2.45, 2.75) is 126 Å². The van der Waals surface area contributed by atoms with Gasteiger partial charge >= 0.3 is 0 Å². The minimum absolute atomic E-state index is 0. The molecule has 0 fully saturated rings. The first-order chi connectivity index (χ1) is 33.4. The fourth-order valence-electron chi connectivity index (χ4n) is 10.1. The third-order valence-electron chi connectivity index (χ3n) is 14.1. The number of aromatic hydroxyl groups is 1. The van der Waals surface area contributed by atoms with Crippen LogP contribution in [-0.4, -0.2) is 19.6 Å². The molecule has 0 aliphatic rings. The van der Waals surface area contributed by atoms with Gasteiger partial charge in [0.15, 0.2) is 0 Å². The molecule has 1 N–H and O–H groups in total. The van der Waals surface area contributed by atoms with E-state index in [4.69, 9.17) is 9.97 Å². The van der Waals surface area contributed by atoms with Crippen molar-refractivity contribution in [3.8, 4) is 78.6 Å². The number of benzene rings is 7. The zero-order valence-electron chi connectivity index (χ0n) is 45.0. The van der Waals surface area contributed by atoms with Gasteiger partial charge in [-0.1, -0.05) is 197 Å². The number of aromatic nitrogens is 3. The molecule has 0 radical (unpaired) electrons. The van der Waals surface area contributed by atoms with Crippen LogP contribution in [0.5, 0.6) is 5.75 Å². The summed E-state index contributed by atoms with van der Waals surface area (Å²) in [6.45, 7) is 33.3. The van der Waals surface area contributed by atoms with Gasteiger partial charge in [0.25, 0.3) is 0 Å². The second kappa shape index (κ2) is 19.2. The quantitative estimate of drug-likeness (QED) is 0.162. The van der Waals surface area contributed by atoms with Crippen LogP contribution in [0.2, 0.25) is 0 Å². The molecule has 7 aromatic carbocycles. The van der Waals surface area contributed by atoms with Crippen molar-refractivity contribution in [3.63, 3.8) is 0 Å². The largest absolute Gasteiger partial charge is 0.507 e. The fraction of sp³-hybridized carbons (Fsp3) is 0.284. The van der Waals surface area contributed by atoms with Crippen LogP contribution in [0.15, 0.2) is 146 Å². The average molecular weight is 1130 g/mol. The van der Waals surface area contributed by atoms with Gasteiger partial charge in [-0.2, -0.15) is 0 Å². The summed E-state index contributed by atoms with van der Waals surface area (Å²) in [5.41, 5.74) is 21.6. The molecule has 0 aliphatic carbocycles. The van der Waals surface area contributed by atoms with Crippen LogP contribution in [0.4, 0.5) is 0 Å². The molecule has 0 atom stereocenters. The van der Waals surface area contributed by atoms with Crippen LogP contribution < -0.4 is 0 Å². The minimum Gasteiger partial charge on any atom is -0.507 e. The molecule has 4 nitrogen and oxygen atoms in total. The Morgan fingerprint density at radius 1 is 0.486 bits per heavy atom. The van der Waals surface area contributed by atoms with Crippen LogP contribution in [0.1, 0.15) is 122 Å². The number of para-hydroxylation sites is 1. The summed E-state index contributed by atoms with van der Waals surface area (Å²) in [7, 11) is 0. The topological polar surface area (TPSA) is 50.9 Å². The molecular weight excluding hydrogens is 1060 g/mol. The fourth-order valence-corrected chi connectivity index (χ4v) is 10.1. The van der Waals surface area contributed by atoms with E-state index in [2.05, 4.69) is 254 Å². The van der Waals surface area contributed by atoms with Crippen molar-refractivity contribution in [2.24, 2.45) is 0 Å². The number of phenolic OH excluding ortho intramolecular Hbond substituents is 1. The van der Waals surface area contributed by atoms with Gasteiger partial charge in [-0.15, -0.1) is 29.3 Å². The Labute approximate surface area is 443 Å². The molecule has 0 unspecified atom stereocenters. The maximum Gasteiger partial charge on any atom is 0.148 e. The van der Waals surface area contributed by atoms with Gasteiger partial charge in [-0.3, -0.25) is 9.55 Å². The molecule has 0 aliphatic heterocycles. The van der Waals surface area contributed by atoms with Crippen molar-refractivity contribution in [3.05, 3.63) is 191 Å². The SMILES string of the molecule is Cc1cc(C)c(-c2ccc(-c3ccnc(-c4[c-]c(-c5cccc6c5nc(-c5cc(C(C)(C)C)cc(C(C)(C)C)c5O)n6-c5ccc(C(C)(C)C)cc5-c5ccccc5)cc(C(C)(C)C)c4)c3)cc2)c(C)c1.[Pt]. The number of pyridine rings is 1. The van der Waals surface area contributed by atoms with Gasteiger partial charge in [0.2, 0.25) is 0 Å². The van der Waals surface area contributed by atoms with E-state index >= 15 is 0 Å². The second-order valence-corrected chi connectivity index (χ2v) is 23.9. The number of hydrogen-bond acceptors (Lipinski definition) is 3. The number of rotatable bonds is 7. The minimum atomic E-state index is -0.334. The first-order valence-corrected chi connectivity index (χ1v) is 25.2.